The Morgan fingerprint density at radius 3 is 2.61 bits per heavy atom. The lowest BCUT2D eigenvalue weighted by molar-refractivity contribution is 0.402. The summed E-state index contributed by atoms with van der Waals surface area (Å²) in [7, 11) is 0. The van der Waals surface area contributed by atoms with Gasteiger partial charge in [0, 0.05) is 0 Å². The standard InChI is InChI=1S/C12H18N4OS/c1-5-9(13-6-2)11-15-16-12(17-11)10-7(3)14-8(4)18-10/h9,13H,5-6H2,1-4H3. The fourth-order valence-corrected chi connectivity index (χ4v) is 2.69. The Morgan fingerprint density at radius 1 is 1.28 bits per heavy atom. The first-order valence-electron chi connectivity index (χ1n) is 6.16. The quantitative estimate of drug-likeness (QED) is 0.901. The topological polar surface area (TPSA) is 63.8 Å². The maximum absolute atomic E-state index is 5.76. The van der Waals surface area contributed by atoms with Crippen LogP contribution in [-0.2, 0) is 0 Å². The van der Waals surface area contributed by atoms with Crippen molar-refractivity contribution in [3.63, 3.8) is 0 Å². The summed E-state index contributed by atoms with van der Waals surface area (Å²) in [6.45, 7) is 8.99. The Balaban J connectivity index is 2.27. The number of nitrogens with zero attached hydrogens (tertiary/aromatic N) is 3. The van der Waals surface area contributed by atoms with E-state index in [2.05, 4.69) is 34.3 Å². The molecule has 6 heteroatoms. The fraction of sp³-hybridized carbons (Fsp3) is 0.583. The summed E-state index contributed by atoms with van der Waals surface area (Å²) in [5, 5.41) is 12.6. The third-order valence-corrected chi connectivity index (χ3v) is 3.76. The molecule has 0 aliphatic heterocycles. The number of hydrogen-bond donors (Lipinski definition) is 1. The molecule has 0 saturated carbocycles. The second-order valence-corrected chi connectivity index (χ2v) is 5.31. The monoisotopic (exact) mass is 266 g/mol. The van der Waals surface area contributed by atoms with Crippen LogP contribution in [0.1, 0.15) is 42.9 Å². The number of aryl methyl sites for hydroxylation is 2. The summed E-state index contributed by atoms with van der Waals surface area (Å²) in [6, 6.07) is 0.130. The molecule has 1 N–H and O–H groups in total. The highest BCUT2D eigenvalue weighted by molar-refractivity contribution is 7.15. The van der Waals surface area contributed by atoms with E-state index in [1.54, 1.807) is 11.3 Å². The summed E-state index contributed by atoms with van der Waals surface area (Å²) < 4.78 is 5.76. The first-order chi connectivity index (χ1) is 8.65. The molecule has 5 nitrogen and oxygen atoms in total. The van der Waals surface area contributed by atoms with Crippen molar-refractivity contribution < 1.29 is 4.42 Å². The highest BCUT2D eigenvalue weighted by Gasteiger charge is 2.19. The summed E-state index contributed by atoms with van der Waals surface area (Å²) in [4.78, 5) is 5.34. The molecule has 0 amide bonds. The number of hydrogen-bond acceptors (Lipinski definition) is 6. The van der Waals surface area contributed by atoms with E-state index in [1.165, 1.54) is 0 Å². The molecule has 2 rings (SSSR count). The van der Waals surface area contributed by atoms with Crippen LogP contribution in [0, 0.1) is 13.8 Å². The normalized spacial score (nSPS) is 12.9. The molecule has 0 radical (unpaired) electrons. The lowest BCUT2D eigenvalue weighted by atomic mass is 10.2. The molecule has 0 aromatic carbocycles. The Morgan fingerprint density at radius 2 is 2.06 bits per heavy atom. The predicted molar refractivity (Wildman–Crippen MR) is 71.6 cm³/mol. The molecule has 1 unspecified atom stereocenters. The van der Waals surface area contributed by atoms with Gasteiger partial charge in [-0.15, -0.1) is 21.5 Å². The van der Waals surface area contributed by atoms with Gasteiger partial charge in [0.05, 0.1) is 16.7 Å². The van der Waals surface area contributed by atoms with Gasteiger partial charge >= 0.3 is 0 Å². The molecule has 0 aliphatic rings. The third-order valence-electron chi connectivity index (χ3n) is 2.70. The fourth-order valence-electron chi connectivity index (χ4n) is 1.85. The number of thiazole rings is 1. The minimum atomic E-state index is 0.130. The second kappa shape index (κ2) is 5.58. The zero-order valence-electron chi connectivity index (χ0n) is 11.1. The van der Waals surface area contributed by atoms with Gasteiger partial charge in [-0.05, 0) is 26.8 Å². The van der Waals surface area contributed by atoms with E-state index in [9.17, 15) is 0 Å². The van der Waals surface area contributed by atoms with Gasteiger partial charge in [-0.25, -0.2) is 4.98 Å². The Bertz CT molecular complexity index is 520. The highest BCUT2D eigenvalue weighted by atomic mass is 32.1. The van der Waals surface area contributed by atoms with E-state index in [4.69, 9.17) is 4.42 Å². The molecule has 1 atom stereocenters. The van der Waals surface area contributed by atoms with Crippen LogP contribution < -0.4 is 5.32 Å². The zero-order chi connectivity index (χ0) is 13.1. The molecule has 98 valence electrons. The summed E-state index contributed by atoms with van der Waals surface area (Å²) in [5.41, 5.74) is 0.948. The molecular formula is C12H18N4OS. The zero-order valence-corrected chi connectivity index (χ0v) is 12.0. The van der Waals surface area contributed by atoms with Crippen molar-refractivity contribution in [3.05, 3.63) is 16.6 Å². The van der Waals surface area contributed by atoms with E-state index in [0.717, 1.165) is 28.5 Å². The molecule has 2 aromatic rings. The number of nitrogens with one attached hydrogen (secondary N) is 1. The average Bonchev–Trinajstić information content (AvgIpc) is 2.92. The summed E-state index contributed by atoms with van der Waals surface area (Å²) in [6.07, 6.45) is 0.927. The van der Waals surface area contributed by atoms with E-state index < -0.39 is 0 Å². The largest absolute Gasteiger partial charge is 0.418 e. The van der Waals surface area contributed by atoms with Crippen LogP contribution in [0.25, 0.3) is 10.8 Å². The predicted octanol–water partition coefficient (Wildman–Crippen LogP) is 2.87. The van der Waals surface area contributed by atoms with E-state index >= 15 is 0 Å². The molecule has 0 spiro atoms. The van der Waals surface area contributed by atoms with Crippen LogP contribution in [-0.4, -0.2) is 21.7 Å². The van der Waals surface area contributed by atoms with Gasteiger partial charge in [-0.3, -0.25) is 0 Å². The Kier molecular flexibility index (Phi) is 4.08. The lowest BCUT2D eigenvalue weighted by Gasteiger charge is -2.09. The van der Waals surface area contributed by atoms with Crippen molar-refractivity contribution in [1.82, 2.24) is 20.5 Å². The summed E-state index contributed by atoms with van der Waals surface area (Å²) in [5.74, 6) is 1.23. The van der Waals surface area contributed by atoms with Crippen LogP contribution in [0.3, 0.4) is 0 Å². The van der Waals surface area contributed by atoms with Gasteiger partial charge in [-0.2, -0.15) is 0 Å². The first kappa shape index (κ1) is 13.2. The minimum Gasteiger partial charge on any atom is -0.418 e. The van der Waals surface area contributed by atoms with Gasteiger partial charge in [0.25, 0.3) is 5.89 Å². The second-order valence-electron chi connectivity index (χ2n) is 4.11. The number of aromatic nitrogens is 3. The van der Waals surface area contributed by atoms with Gasteiger partial charge in [0.15, 0.2) is 0 Å². The van der Waals surface area contributed by atoms with Crippen LogP contribution in [0.2, 0.25) is 0 Å². The Hall–Kier alpha value is -1.27. The minimum absolute atomic E-state index is 0.130. The molecule has 0 saturated heterocycles. The SMILES string of the molecule is CCNC(CC)c1nnc(-c2sc(C)nc2C)o1. The molecule has 0 bridgehead atoms. The van der Waals surface area contributed by atoms with Crippen LogP contribution in [0.5, 0.6) is 0 Å². The lowest BCUT2D eigenvalue weighted by Crippen LogP contribution is -2.20. The van der Waals surface area contributed by atoms with Crippen LogP contribution in [0.4, 0.5) is 0 Å². The molecular weight excluding hydrogens is 248 g/mol. The van der Waals surface area contributed by atoms with Crippen LogP contribution in [0.15, 0.2) is 4.42 Å². The van der Waals surface area contributed by atoms with Gasteiger partial charge in [0.2, 0.25) is 5.89 Å². The van der Waals surface area contributed by atoms with E-state index in [-0.39, 0.29) is 6.04 Å². The molecule has 2 heterocycles. The summed E-state index contributed by atoms with van der Waals surface area (Å²) >= 11 is 1.59. The molecule has 0 aliphatic carbocycles. The molecule has 0 fully saturated rings. The van der Waals surface area contributed by atoms with Crippen LogP contribution >= 0.6 is 11.3 Å². The van der Waals surface area contributed by atoms with Crippen molar-refractivity contribution in [2.75, 3.05) is 6.54 Å². The number of rotatable bonds is 5. The van der Waals surface area contributed by atoms with Gasteiger partial charge in [0.1, 0.15) is 4.88 Å². The maximum Gasteiger partial charge on any atom is 0.259 e. The highest BCUT2D eigenvalue weighted by Crippen LogP contribution is 2.29. The first-order valence-corrected chi connectivity index (χ1v) is 6.98. The van der Waals surface area contributed by atoms with Gasteiger partial charge in [-0.1, -0.05) is 13.8 Å². The maximum atomic E-state index is 5.76. The van der Waals surface area contributed by atoms with E-state index in [1.807, 2.05) is 13.8 Å². The van der Waals surface area contributed by atoms with Gasteiger partial charge < -0.3 is 9.73 Å². The van der Waals surface area contributed by atoms with Crippen molar-refractivity contribution in [3.8, 4) is 10.8 Å². The van der Waals surface area contributed by atoms with E-state index in [0.29, 0.717) is 11.8 Å². The third kappa shape index (κ3) is 2.59. The van der Waals surface area contributed by atoms with Crippen molar-refractivity contribution in [2.24, 2.45) is 0 Å². The average molecular weight is 266 g/mol. The Labute approximate surface area is 111 Å². The van der Waals surface area contributed by atoms with Crippen molar-refractivity contribution in [1.29, 1.82) is 0 Å². The molecule has 18 heavy (non-hydrogen) atoms. The van der Waals surface area contributed by atoms with Crippen molar-refractivity contribution >= 4 is 11.3 Å². The molecule has 2 aromatic heterocycles. The van der Waals surface area contributed by atoms with Crippen molar-refractivity contribution in [2.45, 2.75) is 40.2 Å². The smallest absolute Gasteiger partial charge is 0.259 e.